The predicted octanol–water partition coefficient (Wildman–Crippen LogP) is 0.382. The minimum atomic E-state index is -1.42. The summed E-state index contributed by atoms with van der Waals surface area (Å²) in [5, 5.41) is 19.2. The van der Waals surface area contributed by atoms with Crippen LogP contribution in [0.1, 0.15) is 5.56 Å². The number of aromatic nitrogens is 2. The van der Waals surface area contributed by atoms with E-state index in [1.807, 2.05) is 12.1 Å². The fourth-order valence-corrected chi connectivity index (χ4v) is 2.24. The van der Waals surface area contributed by atoms with Crippen LogP contribution in [0.2, 0.25) is 0 Å². The summed E-state index contributed by atoms with van der Waals surface area (Å²) in [6, 6.07) is 7.26. The van der Waals surface area contributed by atoms with Gasteiger partial charge in [-0.3, -0.25) is 0 Å². The van der Waals surface area contributed by atoms with Gasteiger partial charge >= 0.3 is 7.12 Å². The zero-order valence-corrected chi connectivity index (χ0v) is 9.31. The standard InChI is InChI=1S/C10H11BN2O2S/c14-11(15)9-4-2-1-3-8(9)7-16-10-12-5-6-13-10/h1-6,14-15H,7H2,(H,12,13). The average Bonchev–Trinajstić information content (AvgIpc) is 2.79. The summed E-state index contributed by atoms with van der Waals surface area (Å²) in [5.74, 6) is 0.654. The van der Waals surface area contributed by atoms with Crippen LogP contribution in [0.5, 0.6) is 0 Å². The van der Waals surface area contributed by atoms with Gasteiger partial charge in [-0.2, -0.15) is 0 Å². The smallest absolute Gasteiger partial charge is 0.423 e. The molecule has 2 aromatic rings. The highest BCUT2D eigenvalue weighted by molar-refractivity contribution is 7.98. The molecule has 2 rings (SSSR count). The Morgan fingerprint density at radius 2 is 2.12 bits per heavy atom. The molecule has 0 bridgehead atoms. The Morgan fingerprint density at radius 1 is 1.31 bits per heavy atom. The molecule has 16 heavy (non-hydrogen) atoms. The maximum Gasteiger partial charge on any atom is 0.488 e. The molecule has 6 heteroatoms. The van der Waals surface area contributed by atoms with Crippen molar-refractivity contribution in [2.45, 2.75) is 10.9 Å². The summed E-state index contributed by atoms with van der Waals surface area (Å²) in [5.41, 5.74) is 1.44. The van der Waals surface area contributed by atoms with Gasteiger partial charge in [-0.05, 0) is 11.0 Å². The van der Waals surface area contributed by atoms with E-state index in [-0.39, 0.29) is 0 Å². The van der Waals surface area contributed by atoms with Crippen LogP contribution in [0.3, 0.4) is 0 Å². The van der Waals surface area contributed by atoms with Crippen molar-refractivity contribution in [1.82, 2.24) is 9.97 Å². The van der Waals surface area contributed by atoms with Gasteiger partial charge < -0.3 is 15.0 Å². The number of benzene rings is 1. The maximum atomic E-state index is 9.18. The summed E-state index contributed by atoms with van der Waals surface area (Å²) >= 11 is 1.52. The van der Waals surface area contributed by atoms with Crippen LogP contribution in [-0.2, 0) is 5.75 Å². The van der Waals surface area contributed by atoms with Crippen LogP contribution >= 0.6 is 11.8 Å². The van der Waals surface area contributed by atoms with Crippen LogP contribution in [0.15, 0.2) is 41.8 Å². The third-order valence-corrected chi connectivity index (χ3v) is 3.12. The summed E-state index contributed by atoms with van der Waals surface area (Å²) < 4.78 is 0. The van der Waals surface area contributed by atoms with Crippen molar-refractivity contribution < 1.29 is 10.0 Å². The zero-order chi connectivity index (χ0) is 11.4. The number of thioether (sulfide) groups is 1. The van der Waals surface area contributed by atoms with Gasteiger partial charge in [0, 0.05) is 18.1 Å². The van der Waals surface area contributed by atoms with Gasteiger partial charge in [0.05, 0.1) is 0 Å². The molecule has 0 atom stereocenters. The minimum absolute atomic E-state index is 0.543. The molecular weight excluding hydrogens is 223 g/mol. The fourth-order valence-electron chi connectivity index (χ4n) is 1.39. The summed E-state index contributed by atoms with van der Waals surface area (Å²) in [6.45, 7) is 0. The van der Waals surface area contributed by atoms with Crippen LogP contribution in [0.25, 0.3) is 0 Å². The van der Waals surface area contributed by atoms with Gasteiger partial charge in [0.15, 0.2) is 5.16 Å². The Morgan fingerprint density at radius 3 is 2.81 bits per heavy atom. The van der Waals surface area contributed by atoms with Crippen LogP contribution in [0, 0.1) is 0 Å². The lowest BCUT2D eigenvalue weighted by Gasteiger charge is -2.06. The number of rotatable bonds is 4. The molecule has 3 N–H and O–H groups in total. The Bertz CT molecular complexity index is 448. The minimum Gasteiger partial charge on any atom is -0.423 e. The van der Waals surface area contributed by atoms with E-state index >= 15 is 0 Å². The molecule has 0 fully saturated rings. The molecule has 0 spiro atoms. The topological polar surface area (TPSA) is 69.1 Å². The van der Waals surface area contributed by atoms with Crippen molar-refractivity contribution in [2.75, 3.05) is 0 Å². The van der Waals surface area contributed by atoms with Gasteiger partial charge in [-0.25, -0.2) is 4.98 Å². The summed E-state index contributed by atoms with van der Waals surface area (Å²) in [6.07, 6.45) is 3.45. The van der Waals surface area contributed by atoms with E-state index in [9.17, 15) is 10.0 Å². The lowest BCUT2D eigenvalue weighted by Crippen LogP contribution is -2.32. The molecule has 1 aromatic carbocycles. The Balaban J connectivity index is 2.09. The molecule has 1 heterocycles. The largest absolute Gasteiger partial charge is 0.488 e. The zero-order valence-electron chi connectivity index (χ0n) is 8.50. The van der Waals surface area contributed by atoms with Crippen LogP contribution < -0.4 is 5.46 Å². The third kappa shape index (κ3) is 2.66. The van der Waals surface area contributed by atoms with Crippen molar-refractivity contribution in [3.05, 3.63) is 42.2 Å². The fraction of sp³-hybridized carbons (Fsp3) is 0.100. The number of H-pyrrole nitrogens is 1. The number of nitrogens with one attached hydrogen (secondary N) is 1. The summed E-state index contributed by atoms with van der Waals surface area (Å²) in [7, 11) is -1.42. The SMILES string of the molecule is OB(O)c1ccccc1CSc1ncc[nH]1. The predicted molar refractivity (Wildman–Crippen MR) is 64.4 cm³/mol. The van der Waals surface area contributed by atoms with Gasteiger partial charge in [0.1, 0.15) is 0 Å². The first-order valence-corrected chi connectivity index (χ1v) is 5.82. The Hall–Kier alpha value is -1.24. The highest BCUT2D eigenvalue weighted by Crippen LogP contribution is 2.17. The van der Waals surface area contributed by atoms with E-state index in [0.29, 0.717) is 11.2 Å². The molecular formula is C10H11BN2O2S. The molecule has 82 valence electrons. The lowest BCUT2D eigenvalue weighted by molar-refractivity contribution is 0.425. The number of hydrogen-bond donors (Lipinski definition) is 3. The molecule has 0 saturated carbocycles. The highest BCUT2D eigenvalue weighted by atomic mass is 32.2. The van der Waals surface area contributed by atoms with E-state index in [4.69, 9.17) is 0 Å². The number of aromatic amines is 1. The Labute approximate surface area is 97.9 Å². The highest BCUT2D eigenvalue weighted by Gasteiger charge is 2.15. The second-order valence-corrected chi connectivity index (χ2v) is 4.22. The van der Waals surface area contributed by atoms with E-state index in [0.717, 1.165) is 10.7 Å². The number of nitrogens with zero attached hydrogens (tertiary/aromatic N) is 1. The van der Waals surface area contributed by atoms with Gasteiger partial charge in [-0.15, -0.1) is 0 Å². The lowest BCUT2D eigenvalue weighted by atomic mass is 9.77. The van der Waals surface area contributed by atoms with Crippen molar-refractivity contribution >= 4 is 24.3 Å². The van der Waals surface area contributed by atoms with E-state index in [2.05, 4.69) is 9.97 Å². The van der Waals surface area contributed by atoms with Crippen LogP contribution in [0.4, 0.5) is 0 Å². The second-order valence-electron chi connectivity index (χ2n) is 3.26. The van der Waals surface area contributed by atoms with Gasteiger partial charge in [0.2, 0.25) is 0 Å². The molecule has 4 nitrogen and oxygen atoms in total. The Kier molecular flexibility index (Phi) is 3.66. The van der Waals surface area contributed by atoms with Gasteiger partial charge in [-0.1, -0.05) is 36.0 Å². The van der Waals surface area contributed by atoms with Crippen molar-refractivity contribution in [1.29, 1.82) is 0 Å². The maximum absolute atomic E-state index is 9.18. The van der Waals surface area contributed by atoms with Crippen molar-refractivity contribution in [3.63, 3.8) is 0 Å². The first-order valence-electron chi connectivity index (χ1n) is 4.83. The molecule has 0 saturated heterocycles. The molecule has 1 aromatic heterocycles. The molecule has 0 amide bonds. The molecule has 0 radical (unpaired) electrons. The molecule has 0 aliphatic heterocycles. The summed E-state index contributed by atoms with van der Waals surface area (Å²) in [4.78, 5) is 7.07. The van der Waals surface area contributed by atoms with E-state index in [1.165, 1.54) is 11.8 Å². The van der Waals surface area contributed by atoms with E-state index < -0.39 is 7.12 Å². The normalized spacial score (nSPS) is 10.4. The monoisotopic (exact) mass is 234 g/mol. The third-order valence-electron chi connectivity index (χ3n) is 2.17. The van der Waals surface area contributed by atoms with Gasteiger partial charge in [0.25, 0.3) is 0 Å². The van der Waals surface area contributed by atoms with Crippen molar-refractivity contribution in [2.24, 2.45) is 0 Å². The molecule has 0 aliphatic rings. The first kappa shape index (κ1) is 11.3. The van der Waals surface area contributed by atoms with Crippen molar-refractivity contribution in [3.8, 4) is 0 Å². The number of hydrogen-bond acceptors (Lipinski definition) is 4. The quantitative estimate of drug-likeness (QED) is 0.528. The molecule has 0 unspecified atom stereocenters. The van der Waals surface area contributed by atoms with Crippen LogP contribution in [-0.4, -0.2) is 27.1 Å². The average molecular weight is 234 g/mol. The van der Waals surface area contributed by atoms with E-state index in [1.54, 1.807) is 24.5 Å². The first-order chi connectivity index (χ1) is 7.77. The number of imidazole rings is 1. The molecule has 0 aliphatic carbocycles. The second kappa shape index (κ2) is 5.20.